The minimum absolute atomic E-state index is 0.00437. The molecule has 2 nitrogen and oxygen atoms in total. The van der Waals surface area contributed by atoms with E-state index in [2.05, 4.69) is 11.8 Å². The zero-order valence-electron chi connectivity index (χ0n) is 11.2. The summed E-state index contributed by atoms with van der Waals surface area (Å²) in [5.74, 6) is 0.647. The highest BCUT2D eigenvalue weighted by Gasteiger charge is 2.32. The lowest BCUT2D eigenvalue weighted by Gasteiger charge is -2.33. The Labute approximate surface area is 121 Å². The molecule has 0 amide bonds. The number of anilines is 1. The van der Waals surface area contributed by atoms with E-state index in [4.69, 9.17) is 18.0 Å². The van der Waals surface area contributed by atoms with Gasteiger partial charge in [0.2, 0.25) is 0 Å². The molecule has 6 heteroatoms. The topological polar surface area (TPSA) is 29.3 Å². The molecule has 110 valence electrons. The highest BCUT2D eigenvalue weighted by molar-refractivity contribution is 7.80. The highest BCUT2D eigenvalue weighted by atomic mass is 32.1. The molecule has 0 atom stereocenters. The largest absolute Gasteiger partial charge is 0.416 e. The maximum Gasteiger partial charge on any atom is 0.416 e. The molecule has 2 N–H and O–H groups in total. The van der Waals surface area contributed by atoms with Gasteiger partial charge in [0.05, 0.1) is 5.56 Å². The van der Waals surface area contributed by atoms with Gasteiger partial charge in [0, 0.05) is 24.3 Å². The maximum absolute atomic E-state index is 12.8. The summed E-state index contributed by atoms with van der Waals surface area (Å²) in [5, 5.41) is 0. The first-order valence-corrected chi connectivity index (χ1v) is 6.96. The molecule has 1 aromatic rings. The summed E-state index contributed by atoms with van der Waals surface area (Å²) in [7, 11) is 0. The number of hydrogen-bond acceptors (Lipinski definition) is 2. The van der Waals surface area contributed by atoms with Crippen LogP contribution in [0.4, 0.5) is 18.9 Å². The predicted octanol–water partition coefficient (Wildman–Crippen LogP) is 3.58. The minimum atomic E-state index is -4.38. The van der Waals surface area contributed by atoms with Crippen LogP contribution in [-0.4, -0.2) is 18.1 Å². The lowest BCUT2D eigenvalue weighted by atomic mass is 9.97. The molecule has 1 fully saturated rings. The zero-order valence-corrected chi connectivity index (χ0v) is 12.0. The first-order valence-electron chi connectivity index (χ1n) is 6.55. The Morgan fingerprint density at radius 3 is 2.40 bits per heavy atom. The number of nitrogens with zero attached hydrogens (tertiary/aromatic N) is 1. The van der Waals surface area contributed by atoms with Gasteiger partial charge in [-0.3, -0.25) is 0 Å². The van der Waals surface area contributed by atoms with Crippen molar-refractivity contribution in [1.82, 2.24) is 0 Å². The molecule has 1 heterocycles. The smallest absolute Gasteiger partial charge is 0.389 e. The van der Waals surface area contributed by atoms with Crippen molar-refractivity contribution in [3.8, 4) is 0 Å². The van der Waals surface area contributed by atoms with Crippen LogP contribution in [0.3, 0.4) is 0 Å². The molecular formula is C14H17F3N2S. The SMILES string of the molecule is CC1CCN(c2ccc(C(F)(F)F)cc2C(N)=S)CC1. The summed E-state index contributed by atoms with van der Waals surface area (Å²) in [4.78, 5) is 2.07. The van der Waals surface area contributed by atoms with E-state index in [0.717, 1.165) is 38.1 Å². The van der Waals surface area contributed by atoms with Crippen molar-refractivity contribution in [3.63, 3.8) is 0 Å². The molecule has 0 bridgehead atoms. The summed E-state index contributed by atoms with van der Waals surface area (Å²) in [5.41, 5.74) is 5.90. The van der Waals surface area contributed by atoms with E-state index in [1.54, 1.807) is 0 Å². The zero-order chi connectivity index (χ0) is 14.9. The van der Waals surface area contributed by atoms with Gasteiger partial charge in [-0.2, -0.15) is 13.2 Å². The lowest BCUT2D eigenvalue weighted by molar-refractivity contribution is -0.137. The Kier molecular flexibility index (Phi) is 4.22. The molecule has 1 aliphatic rings. The van der Waals surface area contributed by atoms with Crippen LogP contribution < -0.4 is 10.6 Å². The summed E-state index contributed by atoms with van der Waals surface area (Å²) >= 11 is 4.91. The number of halogens is 3. The van der Waals surface area contributed by atoms with Crippen LogP contribution in [0.1, 0.15) is 30.9 Å². The van der Waals surface area contributed by atoms with E-state index in [1.165, 1.54) is 6.07 Å². The van der Waals surface area contributed by atoms with Gasteiger partial charge in [-0.15, -0.1) is 0 Å². The van der Waals surface area contributed by atoms with Crippen molar-refractivity contribution in [2.24, 2.45) is 11.7 Å². The van der Waals surface area contributed by atoms with Gasteiger partial charge < -0.3 is 10.6 Å². The first-order chi connectivity index (χ1) is 9.29. The van der Waals surface area contributed by atoms with Crippen molar-refractivity contribution >= 4 is 22.9 Å². The van der Waals surface area contributed by atoms with Gasteiger partial charge in [0.25, 0.3) is 0 Å². The number of benzene rings is 1. The Morgan fingerprint density at radius 2 is 1.90 bits per heavy atom. The van der Waals surface area contributed by atoms with E-state index in [0.29, 0.717) is 17.2 Å². The third-order valence-electron chi connectivity index (χ3n) is 3.71. The fourth-order valence-electron chi connectivity index (χ4n) is 2.43. The van der Waals surface area contributed by atoms with Crippen LogP contribution in [0.15, 0.2) is 18.2 Å². The second kappa shape index (κ2) is 5.60. The third-order valence-corrected chi connectivity index (χ3v) is 3.93. The van der Waals surface area contributed by atoms with E-state index in [-0.39, 0.29) is 4.99 Å². The number of rotatable bonds is 2. The molecule has 1 aromatic carbocycles. The predicted molar refractivity (Wildman–Crippen MR) is 77.9 cm³/mol. The molecule has 0 aliphatic carbocycles. The van der Waals surface area contributed by atoms with Crippen molar-refractivity contribution in [2.75, 3.05) is 18.0 Å². The number of piperidine rings is 1. The fraction of sp³-hybridized carbons (Fsp3) is 0.500. The molecule has 0 spiro atoms. The molecule has 20 heavy (non-hydrogen) atoms. The molecule has 1 aliphatic heterocycles. The summed E-state index contributed by atoms with van der Waals surface area (Å²) in [6, 6.07) is 3.62. The van der Waals surface area contributed by atoms with Gasteiger partial charge in [-0.25, -0.2) is 0 Å². The average molecular weight is 302 g/mol. The molecular weight excluding hydrogens is 285 g/mol. The number of hydrogen-bond donors (Lipinski definition) is 1. The number of alkyl halides is 3. The van der Waals surface area contributed by atoms with Crippen LogP contribution in [0, 0.1) is 5.92 Å². The van der Waals surface area contributed by atoms with Gasteiger partial charge in [-0.05, 0) is 37.0 Å². The third kappa shape index (κ3) is 3.23. The Balaban J connectivity index is 2.36. The maximum atomic E-state index is 12.8. The quantitative estimate of drug-likeness (QED) is 0.847. The Hall–Kier alpha value is -1.30. The molecule has 0 saturated carbocycles. The Morgan fingerprint density at radius 1 is 1.30 bits per heavy atom. The average Bonchev–Trinajstić information content (AvgIpc) is 2.38. The van der Waals surface area contributed by atoms with Crippen molar-refractivity contribution in [1.29, 1.82) is 0 Å². The number of nitrogens with two attached hydrogens (primary N) is 1. The second-order valence-electron chi connectivity index (χ2n) is 5.26. The van der Waals surface area contributed by atoms with E-state index in [1.807, 2.05) is 0 Å². The molecule has 0 aromatic heterocycles. The molecule has 0 radical (unpaired) electrons. The normalized spacial score (nSPS) is 17.3. The van der Waals surface area contributed by atoms with Crippen molar-refractivity contribution in [2.45, 2.75) is 25.9 Å². The standard InChI is InChI=1S/C14H17F3N2S/c1-9-4-6-19(7-5-9)12-3-2-10(14(15,16)17)8-11(12)13(18)20/h2-3,8-9H,4-7H2,1H3,(H2,18,20). The van der Waals surface area contributed by atoms with Gasteiger partial charge in [0.15, 0.2) is 0 Å². The van der Waals surface area contributed by atoms with Crippen LogP contribution in [0.2, 0.25) is 0 Å². The van der Waals surface area contributed by atoms with Crippen LogP contribution in [0.25, 0.3) is 0 Å². The van der Waals surface area contributed by atoms with Crippen LogP contribution in [0.5, 0.6) is 0 Å². The summed E-state index contributed by atoms with van der Waals surface area (Å²) in [6.45, 7) is 3.82. The summed E-state index contributed by atoms with van der Waals surface area (Å²) < 4.78 is 38.3. The highest BCUT2D eigenvalue weighted by Crippen LogP contribution is 2.34. The first kappa shape index (κ1) is 15.1. The summed E-state index contributed by atoms with van der Waals surface area (Å²) in [6.07, 6.45) is -2.33. The molecule has 0 unspecified atom stereocenters. The van der Waals surface area contributed by atoms with E-state index in [9.17, 15) is 13.2 Å². The second-order valence-corrected chi connectivity index (χ2v) is 5.70. The minimum Gasteiger partial charge on any atom is -0.389 e. The molecule has 1 saturated heterocycles. The van der Waals surface area contributed by atoms with Crippen LogP contribution in [-0.2, 0) is 6.18 Å². The monoisotopic (exact) mass is 302 g/mol. The van der Waals surface area contributed by atoms with Crippen molar-refractivity contribution in [3.05, 3.63) is 29.3 Å². The van der Waals surface area contributed by atoms with Crippen LogP contribution >= 0.6 is 12.2 Å². The van der Waals surface area contributed by atoms with Crippen molar-refractivity contribution < 1.29 is 13.2 Å². The lowest BCUT2D eigenvalue weighted by Crippen LogP contribution is -2.34. The van der Waals surface area contributed by atoms with E-state index < -0.39 is 11.7 Å². The Bertz CT molecular complexity index is 506. The molecule has 2 rings (SSSR count). The van der Waals surface area contributed by atoms with E-state index >= 15 is 0 Å². The number of thiocarbonyl (C=S) groups is 1. The fourth-order valence-corrected chi connectivity index (χ4v) is 2.60. The van der Waals surface area contributed by atoms with Gasteiger partial charge in [-0.1, -0.05) is 19.1 Å². The van der Waals surface area contributed by atoms with Gasteiger partial charge in [0.1, 0.15) is 4.99 Å². The van der Waals surface area contributed by atoms with Gasteiger partial charge >= 0.3 is 6.18 Å².